The van der Waals surface area contributed by atoms with Crippen molar-refractivity contribution in [2.24, 2.45) is 5.73 Å². The highest BCUT2D eigenvalue weighted by Crippen LogP contribution is 2.28. The fourth-order valence-corrected chi connectivity index (χ4v) is 3.70. The average molecular weight is 397 g/mol. The molecule has 0 radical (unpaired) electrons. The Labute approximate surface area is 169 Å². The van der Waals surface area contributed by atoms with Crippen molar-refractivity contribution in [3.8, 4) is 17.1 Å². The second-order valence-corrected chi connectivity index (χ2v) is 7.33. The van der Waals surface area contributed by atoms with Gasteiger partial charge in [0.25, 0.3) is 0 Å². The minimum atomic E-state index is -0.414. The van der Waals surface area contributed by atoms with Gasteiger partial charge in [-0.05, 0) is 48.4 Å². The second kappa shape index (κ2) is 9.41. The molecule has 0 atom stereocenters. The molecule has 3 rings (SSSR count). The van der Waals surface area contributed by atoms with Gasteiger partial charge in [0.2, 0.25) is 5.91 Å². The third-order valence-corrected chi connectivity index (χ3v) is 5.44. The van der Waals surface area contributed by atoms with Gasteiger partial charge in [-0.1, -0.05) is 37.2 Å². The lowest BCUT2D eigenvalue weighted by molar-refractivity contribution is 0.100. The van der Waals surface area contributed by atoms with Crippen molar-refractivity contribution in [3.63, 3.8) is 0 Å². The van der Waals surface area contributed by atoms with Crippen LogP contribution in [0.5, 0.6) is 5.75 Å². The summed E-state index contributed by atoms with van der Waals surface area (Å²) >= 11 is 1.64. The summed E-state index contributed by atoms with van der Waals surface area (Å²) in [6.07, 6.45) is 2.15. The first-order valence-electron chi connectivity index (χ1n) is 9.21. The SMILES string of the molecule is CCCCn1c(SCc2ccc(C(N)=O)cc2)nnc1-c1ccc(OC)cc1. The minimum Gasteiger partial charge on any atom is -0.497 e. The van der Waals surface area contributed by atoms with Gasteiger partial charge in [-0.2, -0.15) is 0 Å². The zero-order valence-corrected chi connectivity index (χ0v) is 16.9. The molecule has 0 fully saturated rings. The first kappa shape index (κ1) is 19.9. The molecule has 0 saturated carbocycles. The Balaban J connectivity index is 1.79. The van der Waals surface area contributed by atoms with Crippen LogP contribution in [0.4, 0.5) is 0 Å². The summed E-state index contributed by atoms with van der Waals surface area (Å²) in [4.78, 5) is 11.2. The molecule has 7 heteroatoms. The number of unbranched alkanes of at least 4 members (excludes halogenated alkanes) is 1. The summed E-state index contributed by atoms with van der Waals surface area (Å²) in [5.74, 6) is 2.01. The second-order valence-electron chi connectivity index (χ2n) is 6.39. The van der Waals surface area contributed by atoms with Crippen molar-refractivity contribution < 1.29 is 9.53 Å². The maximum Gasteiger partial charge on any atom is 0.248 e. The van der Waals surface area contributed by atoms with Gasteiger partial charge >= 0.3 is 0 Å². The van der Waals surface area contributed by atoms with Crippen LogP contribution in [0.15, 0.2) is 53.7 Å². The summed E-state index contributed by atoms with van der Waals surface area (Å²) < 4.78 is 7.41. The number of carbonyl (C=O) groups is 1. The quantitative estimate of drug-likeness (QED) is 0.550. The summed E-state index contributed by atoms with van der Waals surface area (Å²) in [7, 11) is 1.66. The molecule has 0 saturated heterocycles. The normalized spacial score (nSPS) is 10.8. The van der Waals surface area contributed by atoms with Crippen LogP contribution in [0.3, 0.4) is 0 Å². The predicted octanol–water partition coefficient (Wildman–Crippen LogP) is 4.15. The zero-order chi connectivity index (χ0) is 19.9. The van der Waals surface area contributed by atoms with Crippen molar-refractivity contribution in [1.82, 2.24) is 14.8 Å². The monoisotopic (exact) mass is 396 g/mol. The molecule has 28 heavy (non-hydrogen) atoms. The number of ether oxygens (including phenoxy) is 1. The summed E-state index contributed by atoms with van der Waals surface area (Å²) in [5, 5.41) is 9.74. The van der Waals surface area contributed by atoms with Crippen LogP contribution in [0.25, 0.3) is 11.4 Å². The molecule has 0 unspecified atom stereocenters. The topological polar surface area (TPSA) is 83.0 Å². The molecule has 0 aliphatic carbocycles. The molecule has 3 aromatic rings. The van der Waals surface area contributed by atoms with E-state index in [2.05, 4.69) is 21.7 Å². The Morgan fingerprint density at radius 1 is 1.11 bits per heavy atom. The van der Waals surface area contributed by atoms with E-state index in [4.69, 9.17) is 10.5 Å². The largest absolute Gasteiger partial charge is 0.497 e. The molecule has 1 heterocycles. The molecule has 6 nitrogen and oxygen atoms in total. The number of rotatable bonds is 9. The van der Waals surface area contributed by atoms with Gasteiger partial charge in [0.15, 0.2) is 11.0 Å². The Morgan fingerprint density at radius 2 is 1.82 bits per heavy atom. The van der Waals surface area contributed by atoms with E-state index in [-0.39, 0.29) is 0 Å². The van der Waals surface area contributed by atoms with E-state index in [9.17, 15) is 4.79 Å². The molecule has 0 bridgehead atoms. The number of primary amides is 1. The highest BCUT2D eigenvalue weighted by atomic mass is 32.2. The molecule has 146 valence electrons. The van der Waals surface area contributed by atoms with Crippen molar-refractivity contribution >= 4 is 17.7 Å². The number of aromatic nitrogens is 3. The van der Waals surface area contributed by atoms with Crippen LogP contribution in [0.2, 0.25) is 0 Å². The van der Waals surface area contributed by atoms with Gasteiger partial charge in [0, 0.05) is 23.4 Å². The molecule has 1 amide bonds. The van der Waals surface area contributed by atoms with Crippen LogP contribution < -0.4 is 10.5 Å². The number of thioether (sulfide) groups is 1. The van der Waals surface area contributed by atoms with Crippen LogP contribution in [0, 0.1) is 0 Å². The van der Waals surface area contributed by atoms with Gasteiger partial charge in [-0.3, -0.25) is 4.79 Å². The highest BCUT2D eigenvalue weighted by molar-refractivity contribution is 7.98. The molecular weight excluding hydrogens is 372 g/mol. The Morgan fingerprint density at radius 3 is 2.43 bits per heavy atom. The zero-order valence-electron chi connectivity index (χ0n) is 16.1. The maximum atomic E-state index is 11.2. The summed E-state index contributed by atoms with van der Waals surface area (Å²) in [5.41, 5.74) is 7.93. The molecule has 1 aromatic heterocycles. The van der Waals surface area contributed by atoms with E-state index in [0.717, 1.165) is 53.0 Å². The highest BCUT2D eigenvalue weighted by Gasteiger charge is 2.14. The lowest BCUT2D eigenvalue weighted by atomic mass is 10.1. The average Bonchev–Trinajstić information content (AvgIpc) is 3.13. The van der Waals surface area contributed by atoms with E-state index in [1.165, 1.54) is 0 Å². The Hall–Kier alpha value is -2.80. The van der Waals surface area contributed by atoms with Gasteiger partial charge in [0.1, 0.15) is 5.75 Å². The molecular formula is C21H24N4O2S. The van der Waals surface area contributed by atoms with Crippen LogP contribution >= 0.6 is 11.8 Å². The first-order valence-corrected chi connectivity index (χ1v) is 10.2. The number of carbonyl (C=O) groups excluding carboxylic acids is 1. The Kier molecular flexibility index (Phi) is 6.71. The standard InChI is InChI=1S/C21H24N4O2S/c1-3-4-13-25-20(17-9-11-18(27-2)12-10-17)23-24-21(25)28-14-15-5-7-16(8-6-15)19(22)26/h5-12H,3-4,13-14H2,1-2H3,(H2,22,26). The molecule has 2 aromatic carbocycles. The van der Waals surface area contributed by atoms with Gasteiger partial charge < -0.3 is 15.0 Å². The third-order valence-electron chi connectivity index (χ3n) is 4.41. The summed E-state index contributed by atoms with van der Waals surface area (Å²) in [6, 6.07) is 15.2. The number of benzene rings is 2. The van der Waals surface area contributed by atoms with Gasteiger partial charge in [0.05, 0.1) is 7.11 Å². The number of hydrogen-bond donors (Lipinski definition) is 1. The van der Waals surface area contributed by atoms with E-state index in [0.29, 0.717) is 5.56 Å². The fourth-order valence-electron chi connectivity index (χ4n) is 2.78. The maximum absolute atomic E-state index is 11.2. The molecule has 0 aliphatic rings. The minimum absolute atomic E-state index is 0.414. The van der Waals surface area contributed by atoms with E-state index >= 15 is 0 Å². The number of amides is 1. The van der Waals surface area contributed by atoms with Crippen molar-refractivity contribution in [1.29, 1.82) is 0 Å². The molecule has 0 aliphatic heterocycles. The van der Waals surface area contributed by atoms with Crippen molar-refractivity contribution in [2.75, 3.05) is 7.11 Å². The van der Waals surface area contributed by atoms with Crippen LogP contribution in [-0.2, 0) is 12.3 Å². The molecule has 2 N–H and O–H groups in total. The third kappa shape index (κ3) is 4.72. The Bertz CT molecular complexity index is 921. The number of nitrogens with two attached hydrogens (primary N) is 1. The predicted molar refractivity (Wildman–Crippen MR) is 111 cm³/mol. The van der Waals surface area contributed by atoms with Gasteiger partial charge in [-0.15, -0.1) is 10.2 Å². The van der Waals surface area contributed by atoms with Crippen molar-refractivity contribution in [3.05, 3.63) is 59.7 Å². The van der Waals surface area contributed by atoms with Crippen LogP contribution in [0.1, 0.15) is 35.7 Å². The smallest absolute Gasteiger partial charge is 0.248 e. The summed E-state index contributed by atoms with van der Waals surface area (Å²) in [6.45, 7) is 3.04. The number of methoxy groups -OCH3 is 1. The first-order chi connectivity index (χ1) is 13.6. The van der Waals surface area contributed by atoms with E-state index < -0.39 is 5.91 Å². The molecule has 0 spiro atoms. The van der Waals surface area contributed by atoms with Crippen LogP contribution in [-0.4, -0.2) is 27.8 Å². The lowest BCUT2D eigenvalue weighted by Crippen LogP contribution is -2.10. The van der Waals surface area contributed by atoms with Gasteiger partial charge in [-0.25, -0.2) is 0 Å². The number of nitrogens with zero attached hydrogens (tertiary/aromatic N) is 3. The lowest BCUT2D eigenvalue weighted by Gasteiger charge is -2.10. The van der Waals surface area contributed by atoms with Crippen molar-refractivity contribution in [2.45, 2.75) is 37.2 Å². The van der Waals surface area contributed by atoms with E-state index in [1.807, 2.05) is 36.4 Å². The van der Waals surface area contributed by atoms with E-state index in [1.54, 1.807) is 31.0 Å². The number of hydrogen-bond acceptors (Lipinski definition) is 5. The fraction of sp³-hybridized carbons (Fsp3) is 0.286.